The van der Waals surface area contributed by atoms with Crippen molar-refractivity contribution in [1.82, 2.24) is 0 Å². The lowest BCUT2D eigenvalue weighted by molar-refractivity contribution is -0.398. The summed E-state index contributed by atoms with van der Waals surface area (Å²) < 4.78 is 0. The minimum atomic E-state index is -1.21. The molecule has 0 aliphatic carbocycles. The van der Waals surface area contributed by atoms with Crippen LogP contribution < -0.4 is 0 Å². The molecular weight excluding hydrogens is 336 g/mol. The lowest BCUT2D eigenvalue weighted by Gasteiger charge is -2.30. The minimum Gasteiger partial charge on any atom is -0.481 e. The van der Waals surface area contributed by atoms with E-state index in [2.05, 4.69) is 6.92 Å². The van der Waals surface area contributed by atoms with E-state index in [0.717, 1.165) is 38.5 Å². The number of rotatable bonds is 12. The van der Waals surface area contributed by atoms with Gasteiger partial charge in [0.2, 0.25) is 0 Å². The Bertz CT molecular complexity index is 388. The van der Waals surface area contributed by atoms with Crippen LogP contribution in [0.2, 0.25) is 0 Å². The predicted octanol–water partition coefficient (Wildman–Crippen LogP) is 5.44. The molecule has 26 heavy (non-hydrogen) atoms. The van der Waals surface area contributed by atoms with Crippen molar-refractivity contribution in [2.45, 2.75) is 111 Å². The van der Waals surface area contributed by atoms with Gasteiger partial charge in [0.05, 0.1) is 11.5 Å². The molecule has 2 N–H and O–H groups in total. The lowest BCUT2D eigenvalue weighted by atomic mass is 9.94. The van der Waals surface area contributed by atoms with E-state index in [4.69, 9.17) is 14.9 Å². The lowest BCUT2D eigenvalue weighted by Crippen LogP contribution is -2.43. The van der Waals surface area contributed by atoms with E-state index >= 15 is 0 Å². The second kappa shape index (κ2) is 14.0. The Hall–Kier alpha value is -1.14. The van der Waals surface area contributed by atoms with Gasteiger partial charge in [-0.1, -0.05) is 53.4 Å². The molecule has 0 aliphatic rings. The fourth-order valence-corrected chi connectivity index (χ4v) is 2.19. The van der Waals surface area contributed by atoms with Crippen molar-refractivity contribution in [3.8, 4) is 0 Å². The van der Waals surface area contributed by atoms with E-state index in [1.165, 1.54) is 0 Å². The van der Waals surface area contributed by atoms with Gasteiger partial charge in [0.25, 0.3) is 0 Å². The van der Waals surface area contributed by atoms with Gasteiger partial charge in [0.1, 0.15) is 0 Å². The van der Waals surface area contributed by atoms with Crippen molar-refractivity contribution in [3.05, 3.63) is 0 Å². The van der Waals surface area contributed by atoms with Gasteiger partial charge in [-0.2, -0.15) is 0 Å². The van der Waals surface area contributed by atoms with Gasteiger partial charge in [0, 0.05) is 0 Å². The fourth-order valence-electron chi connectivity index (χ4n) is 2.19. The first-order valence-electron chi connectivity index (χ1n) is 9.82. The molecule has 0 aromatic rings. The molecule has 0 radical (unpaired) electrons. The molecule has 0 spiro atoms. The summed E-state index contributed by atoms with van der Waals surface area (Å²) in [6.45, 7) is 13.3. The molecule has 156 valence electrons. The maximum atomic E-state index is 11.3. The third-order valence-corrected chi connectivity index (χ3v) is 4.09. The minimum absolute atomic E-state index is 0.111. The smallest absolute Gasteiger partial charge is 0.339 e. The molecule has 2 unspecified atom stereocenters. The summed E-state index contributed by atoms with van der Waals surface area (Å²) in [5.74, 6) is -1.70. The number of unbranched alkanes of at least 4 members (excludes halogenated alkanes) is 2. The van der Waals surface area contributed by atoms with Gasteiger partial charge in [-0.3, -0.25) is 4.79 Å². The van der Waals surface area contributed by atoms with Crippen LogP contribution in [0.1, 0.15) is 99.8 Å². The summed E-state index contributed by atoms with van der Waals surface area (Å²) in [6, 6.07) is 0. The molecule has 0 aromatic carbocycles. The van der Waals surface area contributed by atoms with Crippen molar-refractivity contribution in [2.75, 3.05) is 0 Å². The van der Waals surface area contributed by atoms with Crippen LogP contribution in [0.25, 0.3) is 0 Å². The average Bonchev–Trinajstić information content (AvgIpc) is 2.55. The summed E-state index contributed by atoms with van der Waals surface area (Å²) in [5.41, 5.74) is -1.70. The van der Waals surface area contributed by atoms with Crippen molar-refractivity contribution >= 4 is 11.9 Å². The molecule has 0 fully saturated rings. The third kappa shape index (κ3) is 12.3. The highest BCUT2D eigenvalue weighted by molar-refractivity contribution is 5.77. The van der Waals surface area contributed by atoms with Crippen LogP contribution in [0, 0.1) is 5.92 Å². The molecule has 0 saturated carbocycles. The Morgan fingerprint density at radius 3 is 1.77 bits per heavy atom. The number of carbonyl (C=O) groups is 2. The summed E-state index contributed by atoms with van der Waals surface area (Å²) in [5, 5.41) is 17.8. The first-order chi connectivity index (χ1) is 12.0. The van der Waals surface area contributed by atoms with Gasteiger partial charge in [-0.25, -0.2) is 14.6 Å². The second-order valence-corrected chi connectivity index (χ2v) is 7.62. The van der Waals surface area contributed by atoms with Crippen LogP contribution in [0.4, 0.5) is 0 Å². The van der Waals surface area contributed by atoms with Crippen molar-refractivity contribution in [2.24, 2.45) is 5.92 Å². The number of carboxylic acids is 2. The van der Waals surface area contributed by atoms with Gasteiger partial charge < -0.3 is 10.2 Å². The zero-order valence-electron chi connectivity index (χ0n) is 17.8. The summed E-state index contributed by atoms with van der Waals surface area (Å²) in [7, 11) is 0. The molecule has 0 amide bonds. The summed E-state index contributed by atoms with van der Waals surface area (Å²) in [4.78, 5) is 32.1. The molecule has 0 aliphatic heterocycles. The van der Waals surface area contributed by atoms with Crippen molar-refractivity contribution in [3.63, 3.8) is 0 Å². The van der Waals surface area contributed by atoms with Crippen molar-refractivity contribution in [1.29, 1.82) is 0 Å². The van der Waals surface area contributed by atoms with Gasteiger partial charge >= 0.3 is 11.9 Å². The number of hydrogen-bond acceptors (Lipinski definition) is 4. The maximum Gasteiger partial charge on any atom is 0.339 e. The average molecular weight is 377 g/mol. The topological polar surface area (TPSA) is 93.1 Å². The first-order valence-corrected chi connectivity index (χ1v) is 9.82. The highest BCUT2D eigenvalue weighted by Gasteiger charge is 2.40. The van der Waals surface area contributed by atoms with Crippen molar-refractivity contribution < 1.29 is 29.6 Å². The molecule has 6 heteroatoms. The van der Waals surface area contributed by atoms with Crippen LogP contribution >= 0.6 is 0 Å². The number of hydrogen-bond donors (Lipinski definition) is 2. The molecule has 0 saturated heterocycles. The standard InChI is InChI=1S/C12H24O4.C8H16O2/c1-6-8-9-12(7-2,10(13)14)16-15-11(3,4)5;1-3-5-6-7(4-2)8(9)10/h6-9H2,1-5H3,(H,13,14);7H,3-6H2,1-2H3,(H,9,10). The molecule has 0 rings (SSSR count). The van der Waals surface area contributed by atoms with Crippen LogP contribution in [-0.4, -0.2) is 33.4 Å². The van der Waals surface area contributed by atoms with E-state index in [0.29, 0.717) is 12.8 Å². The van der Waals surface area contributed by atoms with E-state index < -0.39 is 23.1 Å². The summed E-state index contributed by atoms with van der Waals surface area (Å²) >= 11 is 0. The largest absolute Gasteiger partial charge is 0.481 e. The predicted molar refractivity (Wildman–Crippen MR) is 103 cm³/mol. The van der Waals surface area contributed by atoms with E-state index in [-0.39, 0.29) is 5.92 Å². The zero-order chi connectivity index (χ0) is 20.8. The van der Waals surface area contributed by atoms with Gasteiger partial charge in [-0.05, 0) is 46.5 Å². The van der Waals surface area contributed by atoms with Crippen LogP contribution in [-0.2, 0) is 19.4 Å². The van der Waals surface area contributed by atoms with Crippen LogP contribution in [0.15, 0.2) is 0 Å². The molecule has 2 atom stereocenters. The van der Waals surface area contributed by atoms with Crippen LogP contribution in [0.3, 0.4) is 0 Å². The van der Waals surface area contributed by atoms with Crippen LogP contribution in [0.5, 0.6) is 0 Å². The highest BCUT2D eigenvalue weighted by atomic mass is 17.2. The maximum absolute atomic E-state index is 11.3. The summed E-state index contributed by atoms with van der Waals surface area (Å²) in [6.07, 6.45) is 6.34. The Morgan fingerprint density at radius 2 is 1.46 bits per heavy atom. The monoisotopic (exact) mass is 376 g/mol. The first kappa shape index (κ1) is 27.1. The van der Waals surface area contributed by atoms with E-state index in [1.807, 2.05) is 34.6 Å². The quantitative estimate of drug-likeness (QED) is 0.348. The Balaban J connectivity index is 0. The van der Waals surface area contributed by atoms with Gasteiger partial charge in [-0.15, -0.1) is 0 Å². The van der Waals surface area contributed by atoms with Gasteiger partial charge in [0.15, 0.2) is 5.60 Å². The SMILES string of the molecule is CCCCC(CC)(OOC(C)(C)C)C(=O)O.CCCCC(CC)C(=O)O. The Kier molecular flexibility index (Phi) is 14.6. The van der Waals surface area contributed by atoms with E-state index in [9.17, 15) is 14.7 Å². The molecule has 0 heterocycles. The fraction of sp³-hybridized carbons (Fsp3) is 0.900. The molecule has 0 aromatic heterocycles. The molecular formula is C20H40O6. The number of aliphatic carboxylic acids is 2. The number of carboxylic acid groups (broad SMARTS) is 2. The zero-order valence-corrected chi connectivity index (χ0v) is 17.8. The highest BCUT2D eigenvalue weighted by Crippen LogP contribution is 2.26. The Morgan fingerprint density at radius 1 is 0.923 bits per heavy atom. The Labute approximate surface area is 159 Å². The van der Waals surface area contributed by atoms with E-state index in [1.54, 1.807) is 6.92 Å². The molecule has 6 nitrogen and oxygen atoms in total. The third-order valence-electron chi connectivity index (χ3n) is 4.09. The molecule has 0 bridgehead atoms. The second-order valence-electron chi connectivity index (χ2n) is 7.62. The normalized spacial score (nSPS) is 14.7.